The van der Waals surface area contributed by atoms with E-state index in [9.17, 15) is 9.18 Å². The van der Waals surface area contributed by atoms with Crippen LogP contribution < -0.4 is 10.6 Å². The van der Waals surface area contributed by atoms with E-state index in [1.54, 1.807) is 0 Å². The second-order valence-corrected chi connectivity index (χ2v) is 8.56. The Morgan fingerprint density at radius 2 is 2.27 bits per heavy atom. The molecule has 2 aliphatic heterocycles. The summed E-state index contributed by atoms with van der Waals surface area (Å²) < 4.78 is 22.5. The number of anilines is 1. The van der Waals surface area contributed by atoms with Crippen LogP contribution in [-0.2, 0) is 27.9 Å². The molecule has 1 saturated carbocycles. The molecule has 6 nitrogen and oxygen atoms in total. The third kappa shape index (κ3) is 2.51. The van der Waals surface area contributed by atoms with Gasteiger partial charge in [-0.15, -0.1) is 0 Å². The first-order valence-corrected chi connectivity index (χ1v) is 9.95. The SMILES string of the molecule is O=CC12CNCCn3c(NC4CCOC5(CCC5)C4)nc(c31)CC(F)C2. The highest BCUT2D eigenvalue weighted by molar-refractivity contribution is 5.71. The summed E-state index contributed by atoms with van der Waals surface area (Å²) in [5, 5.41) is 6.95. The van der Waals surface area contributed by atoms with E-state index >= 15 is 0 Å². The Morgan fingerprint density at radius 1 is 1.38 bits per heavy atom. The van der Waals surface area contributed by atoms with Crippen LogP contribution in [0.1, 0.15) is 49.9 Å². The monoisotopic (exact) mass is 362 g/mol. The van der Waals surface area contributed by atoms with E-state index in [2.05, 4.69) is 15.2 Å². The van der Waals surface area contributed by atoms with Crippen molar-refractivity contribution in [3.05, 3.63) is 11.4 Å². The maximum absolute atomic E-state index is 14.4. The molecule has 2 aliphatic carbocycles. The highest BCUT2D eigenvalue weighted by atomic mass is 19.1. The van der Waals surface area contributed by atoms with Gasteiger partial charge >= 0.3 is 0 Å². The van der Waals surface area contributed by atoms with Crippen LogP contribution in [0.4, 0.5) is 10.3 Å². The molecule has 1 spiro atoms. The average molecular weight is 362 g/mol. The average Bonchev–Trinajstić information content (AvgIpc) is 2.82. The Hall–Kier alpha value is -1.47. The van der Waals surface area contributed by atoms with Crippen molar-refractivity contribution in [3.63, 3.8) is 0 Å². The third-order valence-corrected chi connectivity index (χ3v) is 6.78. The standard InChI is InChI=1S/C19H27FN4O2/c20-13-8-15-16-18(9-13,12-25)11-21-5-6-24(16)17(23-15)22-14-2-7-26-19(10-14)3-1-4-19/h12-14,21H,1-11H2,(H,22,23). The summed E-state index contributed by atoms with van der Waals surface area (Å²) in [6.07, 6.45) is 6.01. The number of carbonyl (C=O) groups is 1. The topological polar surface area (TPSA) is 68.2 Å². The summed E-state index contributed by atoms with van der Waals surface area (Å²) in [4.78, 5) is 16.8. The number of alkyl halides is 1. The molecule has 0 radical (unpaired) electrons. The van der Waals surface area contributed by atoms with Crippen LogP contribution in [0.5, 0.6) is 0 Å². The number of carbonyl (C=O) groups excluding carboxylic acids is 1. The molecule has 2 N–H and O–H groups in total. The Bertz CT molecular complexity index is 717. The highest BCUT2D eigenvalue weighted by Crippen LogP contribution is 2.44. The van der Waals surface area contributed by atoms with E-state index in [0.29, 0.717) is 19.0 Å². The zero-order chi connectivity index (χ0) is 17.8. The summed E-state index contributed by atoms with van der Waals surface area (Å²) in [6, 6.07) is 0.326. The molecule has 2 fully saturated rings. The number of ether oxygens (including phenoxy) is 1. The maximum atomic E-state index is 14.4. The molecule has 142 valence electrons. The minimum Gasteiger partial charge on any atom is -0.375 e. The van der Waals surface area contributed by atoms with Gasteiger partial charge in [0, 0.05) is 38.7 Å². The van der Waals surface area contributed by atoms with Gasteiger partial charge in [0.15, 0.2) is 0 Å². The molecule has 3 unspecified atom stereocenters. The van der Waals surface area contributed by atoms with Gasteiger partial charge in [-0.3, -0.25) is 0 Å². The van der Waals surface area contributed by atoms with Crippen molar-refractivity contribution < 1.29 is 13.9 Å². The van der Waals surface area contributed by atoms with Crippen molar-refractivity contribution in [2.24, 2.45) is 0 Å². The number of imidazole rings is 1. The van der Waals surface area contributed by atoms with Crippen LogP contribution in [0.25, 0.3) is 0 Å². The number of aromatic nitrogens is 2. The van der Waals surface area contributed by atoms with Gasteiger partial charge in [0.05, 0.1) is 22.4 Å². The van der Waals surface area contributed by atoms with Crippen molar-refractivity contribution in [3.8, 4) is 0 Å². The molecule has 3 heterocycles. The highest BCUT2D eigenvalue weighted by Gasteiger charge is 2.47. The predicted molar refractivity (Wildman–Crippen MR) is 95.2 cm³/mol. The van der Waals surface area contributed by atoms with Gasteiger partial charge in [-0.1, -0.05) is 0 Å². The summed E-state index contributed by atoms with van der Waals surface area (Å²) in [6.45, 7) is 2.80. The number of nitrogens with zero attached hydrogens (tertiary/aromatic N) is 2. The number of halogens is 1. The first-order valence-electron chi connectivity index (χ1n) is 9.95. The fourth-order valence-corrected chi connectivity index (χ4v) is 5.36. The van der Waals surface area contributed by atoms with Gasteiger partial charge < -0.3 is 24.7 Å². The van der Waals surface area contributed by atoms with Gasteiger partial charge in [-0.05, 0) is 38.5 Å². The third-order valence-electron chi connectivity index (χ3n) is 6.78. The summed E-state index contributed by atoms with van der Waals surface area (Å²) in [5.41, 5.74) is 0.965. The normalized spacial score (nSPS) is 35.3. The van der Waals surface area contributed by atoms with Crippen molar-refractivity contribution in [2.75, 3.05) is 25.0 Å². The van der Waals surface area contributed by atoms with Crippen LogP contribution in [0, 0.1) is 0 Å². The fourth-order valence-electron chi connectivity index (χ4n) is 5.36. The molecule has 4 aliphatic rings. The lowest BCUT2D eigenvalue weighted by atomic mass is 9.74. The lowest BCUT2D eigenvalue weighted by Crippen LogP contribution is -2.49. The number of aldehydes is 1. The van der Waals surface area contributed by atoms with E-state index in [0.717, 1.165) is 69.0 Å². The summed E-state index contributed by atoms with van der Waals surface area (Å²) in [7, 11) is 0. The lowest BCUT2D eigenvalue weighted by Gasteiger charge is -2.47. The first-order chi connectivity index (χ1) is 12.6. The molecule has 1 aromatic heterocycles. The fraction of sp³-hybridized carbons (Fsp3) is 0.789. The van der Waals surface area contributed by atoms with Crippen LogP contribution >= 0.6 is 0 Å². The summed E-state index contributed by atoms with van der Waals surface area (Å²) in [5.74, 6) is 0.806. The molecule has 1 saturated heterocycles. The number of hydrogen-bond donors (Lipinski definition) is 2. The quantitative estimate of drug-likeness (QED) is 0.802. The zero-order valence-corrected chi connectivity index (χ0v) is 15.1. The number of nitrogens with one attached hydrogen (secondary N) is 2. The first kappa shape index (κ1) is 16.7. The van der Waals surface area contributed by atoms with Gasteiger partial charge in [0.1, 0.15) is 12.5 Å². The second kappa shape index (κ2) is 6.02. The molecule has 0 amide bonds. The Labute approximate surface area is 152 Å². The number of rotatable bonds is 3. The number of hydrogen-bond acceptors (Lipinski definition) is 5. The van der Waals surface area contributed by atoms with Gasteiger partial charge in [0.25, 0.3) is 0 Å². The van der Waals surface area contributed by atoms with E-state index in [-0.39, 0.29) is 12.0 Å². The van der Waals surface area contributed by atoms with Crippen LogP contribution in [0.15, 0.2) is 0 Å². The van der Waals surface area contributed by atoms with E-state index < -0.39 is 11.6 Å². The largest absolute Gasteiger partial charge is 0.375 e. The molecule has 7 heteroatoms. The minimum atomic E-state index is -1.01. The van der Waals surface area contributed by atoms with E-state index in [1.165, 1.54) is 6.42 Å². The van der Waals surface area contributed by atoms with Crippen molar-refractivity contribution in [1.82, 2.24) is 14.9 Å². The predicted octanol–water partition coefficient (Wildman–Crippen LogP) is 1.72. The van der Waals surface area contributed by atoms with Gasteiger partial charge in [-0.2, -0.15) is 0 Å². The van der Waals surface area contributed by atoms with Gasteiger partial charge in [-0.25, -0.2) is 9.37 Å². The molecule has 0 bridgehead atoms. The van der Waals surface area contributed by atoms with Gasteiger partial charge in [0.2, 0.25) is 5.95 Å². The molecule has 26 heavy (non-hydrogen) atoms. The summed E-state index contributed by atoms with van der Waals surface area (Å²) >= 11 is 0. The van der Waals surface area contributed by atoms with Crippen molar-refractivity contribution in [1.29, 1.82) is 0 Å². The van der Waals surface area contributed by atoms with Crippen molar-refractivity contribution in [2.45, 2.75) is 74.7 Å². The zero-order valence-electron chi connectivity index (χ0n) is 15.1. The molecular formula is C19H27FN4O2. The van der Waals surface area contributed by atoms with Crippen molar-refractivity contribution >= 4 is 12.2 Å². The Kier molecular flexibility index (Phi) is 3.87. The molecule has 0 aromatic carbocycles. The molecule has 1 aromatic rings. The Morgan fingerprint density at radius 3 is 3.04 bits per heavy atom. The smallest absolute Gasteiger partial charge is 0.203 e. The lowest BCUT2D eigenvalue weighted by molar-refractivity contribution is -0.130. The minimum absolute atomic E-state index is 0.0685. The van der Waals surface area contributed by atoms with E-state index in [4.69, 9.17) is 9.72 Å². The van der Waals surface area contributed by atoms with Crippen LogP contribution in [0.2, 0.25) is 0 Å². The Balaban J connectivity index is 1.47. The van der Waals surface area contributed by atoms with Crippen LogP contribution in [0.3, 0.4) is 0 Å². The van der Waals surface area contributed by atoms with E-state index in [1.807, 2.05) is 0 Å². The molecule has 5 rings (SSSR count). The second-order valence-electron chi connectivity index (χ2n) is 8.56. The molecular weight excluding hydrogens is 335 g/mol. The maximum Gasteiger partial charge on any atom is 0.203 e. The van der Waals surface area contributed by atoms with Crippen LogP contribution in [-0.4, -0.2) is 53.3 Å². The molecule has 3 atom stereocenters.